The SMILES string of the molecule is C[C@]1(COC(=O)NCc2csc(N)n2)[C@H](C(=O)O)N2C(=O)[C@@H](CO)[C@H]2S1(=O)=O. The van der Waals surface area contributed by atoms with Crippen molar-refractivity contribution >= 4 is 44.3 Å². The van der Waals surface area contributed by atoms with Crippen molar-refractivity contribution in [3.05, 3.63) is 11.1 Å². The first-order valence-electron chi connectivity index (χ1n) is 8.04. The minimum atomic E-state index is -4.24. The number of rotatable bonds is 6. The second-order valence-electron chi connectivity index (χ2n) is 6.63. The van der Waals surface area contributed by atoms with E-state index in [1.807, 2.05) is 0 Å². The number of ether oxygens (including phenoxy) is 1. The highest BCUT2D eigenvalue weighted by molar-refractivity contribution is 7.94. The molecule has 2 saturated heterocycles. The van der Waals surface area contributed by atoms with E-state index in [0.717, 1.165) is 11.8 Å². The molecule has 14 heteroatoms. The summed E-state index contributed by atoms with van der Waals surface area (Å²) in [4.78, 5) is 40.3. The van der Waals surface area contributed by atoms with Gasteiger partial charge >= 0.3 is 12.1 Å². The number of aliphatic carboxylic acids is 1. The van der Waals surface area contributed by atoms with Crippen LogP contribution < -0.4 is 11.1 Å². The average molecular weight is 434 g/mol. The highest BCUT2D eigenvalue weighted by Crippen LogP contribution is 2.48. The molecule has 28 heavy (non-hydrogen) atoms. The first kappa shape index (κ1) is 20.3. The summed E-state index contributed by atoms with van der Waals surface area (Å²) in [6.07, 6.45) is -0.980. The lowest BCUT2D eigenvalue weighted by molar-refractivity contribution is -0.165. The Hall–Kier alpha value is -2.45. The van der Waals surface area contributed by atoms with Crippen molar-refractivity contribution in [2.75, 3.05) is 18.9 Å². The van der Waals surface area contributed by atoms with Crippen LogP contribution in [0.2, 0.25) is 0 Å². The summed E-state index contributed by atoms with van der Waals surface area (Å²) in [7, 11) is -4.24. The molecule has 3 rings (SSSR count). The minimum Gasteiger partial charge on any atom is -0.480 e. The number of aliphatic hydroxyl groups is 1. The van der Waals surface area contributed by atoms with Gasteiger partial charge in [-0.15, -0.1) is 11.3 Å². The Morgan fingerprint density at radius 1 is 1.50 bits per heavy atom. The lowest BCUT2D eigenvalue weighted by atomic mass is 9.92. The first-order valence-corrected chi connectivity index (χ1v) is 10.5. The summed E-state index contributed by atoms with van der Waals surface area (Å²) in [6, 6.07) is -1.73. The van der Waals surface area contributed by atoms with E-state index in [1.165, 1.54) is 11.3 Å². The van der Waals surface area contributed by atoms with Gasteiger partial charge in [-0.2, -0.15) is 0 Å². The number of sulfone groups is 1. The number of β-lactam (4-membered cyclic amide) rings is 1. The Labute approximate surface area is 163 Å². The maximum absolute atomic E-state index is 12.9. The predicted octanol–water partition coefficient (Wildman–Crippen LogP) is -1.63. The molecule has 4 atom stereocenters. The molecule has 0 bridgehead atoms. The number of alkyl carbamates (subject to hydrolysis) is 1. The fourth-order valence-electron chi connectivity index (χ4n) is 3.45. The molecule has 0 saturated carbocycles. The molecule has 2 aliphatic rings. The zero-order valence-corrected chi connectivity index (χ0v) is 16.2. The van der Waals surface area contributed by atoms with E-state index in [4.69, 9.17) is 10.5 Å². The van der Waals surface area contributed by atoms with Gasteiger partial charge in [-0.1, -0.05) is 0 Å². The summed E-state index contributed by atoms with van der Waals surface area (Å²) in [5.41, 5.74) is 5.95. The fourth-order valence-corrected chi connectivity index (χ4v) is 6.47. The van der Waals surface area contributed by atoms with Crippen LogP contribution in [0.5, 0.6) is 0 Å². The maximum atomic E-state index is 12.9. The van der Waals surface area contributed by atoms with Crippen molar-refractivity contribution in [2.24, 2.45) is 5.92 Å². The Morgan fingerprint density at radius 2 is 2.18 bits per heavy atom. The highest BCUT2D eigenvalue weighted by Gasteiger charge is 2.74. The molecule has 2 aliphatic heterocycles. The molecule has 2 fully saturated rings. The van der Waals surface area contributed by atoms with Gasteiger partial charge in [-0.25, -0.2) is 23.0 Å². The molecule has 1 aromatic rings. The van der Waals surface area contributed by atoms with E-state index in [-0.39, 0.29) is 6.54 Å². The molecule has 5 N–H and O–H groups in total. The van der Waals surface area contributed by atoms with E-state index < -0.39 is 63.1 Å². The van der Waals surface area contributed by atoms with Gasteiger partial charge in [0.05, 0.1) is 24.8 Å². The van der Waals surface area contributed by atoms with Crippen LogP contribution in [0.3, 0.4) is 0 Å². The lowest BCUT2D eigenvalue weighted by Crippen LogP contribution is -2.64. The van der Waals surface area contributed by atoms with Gasteiger partial charge in [-0.3, -0.25) is 4.79 Å². The summed E-state index contributed by atoms with van der Waals surface area (Å²) >= 11 is 1.17. The van der Waals surface area contributed by atoms with Gasteiger partial charge in [0.2, 0.25) is 5.91 Å². The van der Waals surface area contributed by atoms with Gasteiger partial charge in [0.15, 0.2) is 21.0 Å². The largest absolute Gasteiger partial charge is 0.480 e. The number of fused-ring (bicyclic) bond motifs is 1. The number of carbonyl (C=O) groups is 3. The molecule has 0 aromatic carbocycles. The number of nitrogen functional groups attached to an aromatic ring is 1. The van der Waals surface area contributed by atoms with E-state index in [0.29, 0.717) is 10.8 Å². The standard InChI is InChI=1S/C14H18N4O8S2/c1-14(5-26-13(23)16-2-6-4-27-12(15)17-6)8(11(21)22)18-9(20)7(3-19)10(18)28(14,24)25/h4,7-8,10,19H,2-3,5H2,1H3,(H2,15,17)(H,16,23)(H,21,22)/t7-,8+,10-,14+/m1/s1. The van der Waals surface area contributed by atoms with Gasteiger partial charge in [0.1, 0.15) is 16.7 Å². The van der Waals surface area contributed by atoms with Gasteiger partial charge in [0.25, 0.3) is 0 Å². The fraction of sp³-hybridized carbons (Fsp3) is 0.571. The zero-order chi connectivity index (χ0) is 20.9. The Kier molecular flexibility index (Phi) is 4.97. The highest BCUT2D eigenvalue weighted by atomic mass is 32.2. The number of nitrogens with one attached hydrogen (secondary N) is 1. The quantitative estimate of drug-likeness (QED) is 0.378. The smallest absolute Gasteiger partial charge is 0.407 e. The number of hydrogen-bond acceptors (Lipinski definition) is 10. The summed E-state index contributed by atoms with van der Waals surface area (Å²) < 4.78 is 28.7. The molecular weight excluding hydrogens is 416 g/mol. The third-order valence-electron chi connectivity index (χ3n) is 4.92. The van der Waals surface area contributed by atoms with Gasteiger partial charge < -0.3 is 30.9 Å². The molecule has 0 radical (unpaired) electrons. The van der Waals surface area contributed by atoms with Crippen LogP contribution in [0, 0.1) is 5.92 Å². The maximum Gasteiger partial charge on any atom is 0.407 e. The molecule has 3 heterocycles. The Morgan fingerprint density at radius 3 is 2.71 bits per heavy atom. The molecule has 154 valence electrons. The number of hydrogen-bond donors (Lipinski definition) is 4. The molecule has 0 aliphatic carbocycles. The summed E-state index contributed by atoms with van der Waals surface area (Å²) in [5, 5.41) is 21.6. The third-order valence-corrected chi connectivity index (χ3v) is 8.47. The molecular formula is C14H18N4O8S2. The van der Waals surface area contributed by atoms with Crippen molar-refractivity contribution < 1.29 is 37.8 Å². The van der Waals surface area contributed by atoms with Crippen molar-refractivity contribution in [1.29, 1.82) is 0 Å². The lowest BCUT2D eigenvalue weighted by Gasteiger charge is -2.41. The number of aromatic nitrogens is 1. The molecule has 2 amide bonds. The third kappa shape index (κ3) is 2.87. The average Bonchev–Trinajstić information content (AvgIpc) is 3.10. The molecule has 12 nitrogen and oxygen atoms in total. The number of thiazole rings is 1. The van der Waals surface area contributed by atoms with Crippen LogP contribution in [0.1, 0.15) is 12.6 Å². The Balaban J connectivity index is 1.74. The molecule has 0 spiro atoms. The van der Waals surface area contributed by atoms with Crippen molar-refractivity contribution in [2.45, 2.75) is 29.6 Å². The number of nitrogens with two attached hydrogens (primary N) is 1. The van der Waals surface area contributed by atoms with Gasteiger partial charge in [-0.05, 0) is 6.92 Å². The minimum absolute atomic E-state index is 0.0157. The monoisotopic (exact) mass is 434 g/mol. The zero-order valence-electron chi connectivity index (χ0n) is 14.6. The van der Waals surface area contributed by atoms with E-state index in [1.54, 1.807) is 5.38 Å². The van der Waals surface area contributed by atoms with E-state index in [2.05, 4.69) is 10.3 Å². The second-order valence-corrected chi connectivity index (χ2v) is 10.0. The Bertz CT molecular complexity index is 932. The predicted molar refractivity (Wildman–Crippen MR) is 94.7 cm³/mol. The number of anilines is 1. The van der Waals surface area contributed by atoms with Crippen molar-refractivity contribution in [1.82, 2.24) is 15.2 Å². The molecule has 1 aromatic heterocycles. The number of carboxylic acid groups (broad SMARTS) is 1. The normalized spacial score (nSPS) is 30.4. The number of amides is 2. The van der Waals surface area contributed by atoms with Crippen LogP contribution in [0.15, 0.2) is 5.38 Å². The number of carbonyl (C=O) groups excluding carboxylic acids is 2. The second kappa shape index (κ2) is 6.86. The van der Waals surface area contributed by atoms with Crippen LogP contribution in [0.25, 0.3) is 0 Å². The molecule has 0 unspecified atom stereocenters. The summed E-state index contributed by atoms with van der Waals surface area (Å²) in [5.74, 6) is -3.53. The van der Waals surface area contributed by atoms with Crippen molar-refractivity contribution in [3.63, 3.8) is 0 Å². The van der Waals surface area contributed by atoms with Gasteiger partial charge in [0, 0.05) is 5.38 Å². The van der Waals surface area contributed by atoms with E-state index in [9.17, 15) is 33.0 Å². The van der Waals surface area contributed by atoms with Crippen LogP contribution in [-0.4, -0.2) is 75.9 Å². The van der Waals surface area contributed by atoms with Crippen LogP contribution in [-0.2, 0) is 30.7 Å². The topological polar surface area (TPSA) is 189 Å². The van der Waals surface area contributed by atoms with Crippen molar-refractivity contribution in [3.8, 4) is 0 Å². The number of nitrogens with zero attached hydrogens (tertiary/aromatic N) is 2. The summed E-state index contributed by atoms with van der Waals surface area (Å²) in [6.45, 7) is -0.413. The van der Waals surface area contributed by atoms with E-state index >= 15 is 0 Å². The first-order chi connectivity index (χ1) is 13.0. The van der Waals surface area contributed by atoms with Crippen LogP contribution >= 0.6 is 11.3 Å². The van der Waals surface area contributed by atoms with Crippen LogP contribution in [0.4, 0.5) is 9.93 Å². The number of aliphatic hydroxyl groups excluding tert-OH is 1. The number of carboxylic acids is 1.